The van der Waals surface area contributed by atoms with Gasteiger partial charge >= 0.3 is 0 Å². The summed E-state index contributed by atoms with van der Waals surface area (Å²) in [5, 5.41) is 13.3. The Morgan fingerprint density at radius 2 is 2.11 bits per heavy atom. The lowest BCUT2D eigenvalue weighted by atomic mass is 10.2. The number of ether oxygens (including phenoxy) is 2. The summed E-state index contributed by atoms with van der Waals surface area (Å²) in [5.74, 6) is -0.844. The van der Waals surface area contributed by atoms with E-state index in [4.69, 9.17) is 21.1 Å². The van der Waals surface area contributed by atoms with Gasteiger partial charge in [0.25, 0.3) is 5.69 Å². The van der Waals surface area contributed by atoms with E-state index >= 15 is 0 Å². The molecule has 0 spiro atoms. The average molecular weight is 279 g/mol. The molecule has 6 nitrogen and oxygen atoms in total. The molecular formula is C10H12ClFN2O4. The number of hydrogen-bond donors (Lipinski definition) is 1. The average Bonchev–Trinajstić information content (AvgIpc) is 2.34. The summed E-state index contributed by atoms with van der Waals surface area (Å²) in [7, 11) is 2.86. The first-order chi connectivity index (χ1) is 8.49. The Balaban J connectivity index is 2.93. The predicted octanol–water partition coefficient (Wildman–Crippen LogP) is 2.42. The topological polar surface area (TPSA) is 73.6 Å². The molecule has 0 atom stereocenters. The van der Waals surface area contributed by atoms with Crippen LogP contribution in [0, 0.1) is 15.9 Å². The monoisotopic (exact) mass is 278 g/mol. The molecule has 0 heterocycles. The minimum Gasteiger partial charge on any atom is -0.374 e. The van der Waals surface area contributed by atoms with Crippen LogP contribution in [0.15, 0.2) is 12.1 Å². The highest BCUT2D eigenvalue weighted by Crippen LogP contribution is 2.30. The smallest absolute Gasteiger partial charge is 0.295 e. The first-order valence-corrected chi connectivity index (χ1v) is 5.30. The van der Waals surface area contributed by atoms with E-state index < -0.39 is 22.7 Å². The maximum absolute atomic E-state index is 13.1. The van der Waals surface area contributed by atoms with Crippen molar-refractivity contribution in [2.45, 2.75) is 6.29 Å². The summed E-state index contributed by atoms with van der Waals surface area (Å²) >= 11 is 5.57. The molecule has 0 radical (unpaired) electrons. The standard InChI is InChI=1S/C10H12ClFN2O4/c1-17-10(18-2)5-13-8-3-6(11)7(12)4-9(8)14(15)16/h3-4,10,13H,5H2,1-2H3. The van der Waals surface area contributed by atoms with E-state index in [2.05, 4.69) is 5.32 Å². The molecule has 0 saturated carbocycles. The first kappa shape index (κ1) is 14.6. The second kappa shape index (κ2) is 6.48. The van der Waals surface area contributed by atoms with Gasteiger partial charge < -0.3 is 14.8 Å². The second-order valence-corrected chi connectivity index (χ2v) is 3.73. The fourth-order valence-corrected chi connectivity index (χ4v) is 1.45. The second-order valence-electron chi connectivity index (χ2n) is 3.32. The summed E-state index contributed by atoms with van der Waals surface area (Å²) < 4.78 is 23.0. The lowest BCUT2D eigenvalue weighted by molar-refractivity contribution is -0.384. The number of nitro benzene ring substituents is 1. The Bertz CT molecular complexity index is 440. The molecule has 1 rings (SSSR count). The van der Waals surface area contributed by atoms with Crippen molar-refractivity contribution in [3.63, 3.8) is 0 Å². The molecule has 0 aliphatic heterocycles. The molecule has 1 N–H and O–H groups in total. The van der Waals surface area contributed by atoms with Gasteiger partial charge in [-0.15, -0.1) is 0 Å². The summed E-state index contributed by atoms with van der Waals surface area (Å²) in [6.07, 6.45) is -0.576. The number of halogens is 2. The van der Waals surface area contributed by atoms with Crippen LogP contribution in [0.4, 0.5) is 15.8 Å². The van der Waals surface area contributed by atoms with Crippen molar-refractivity contribution >= 4 is 23.0 Å². The fourth-order valence-electron chi connectivity index (χ4n) is 1.29. The number of rotatable bonds is 6. The summed E-state index contributed by atoms with van der Waals surface area (Å²) in [6.45, 7) is 0.163. The summed E-state index contributed by atoms with van der Waals surface area (Å²) in [6, 6.07) is 1.91. The summed E-state index contributed by atoms with van der Waals surface area (Å²) in [5.41, 5.74) is -0.298. The Morgan fingerprint density at radius 3 is 2.61 bits per heavy atom. The molecule has 0 amide bonds. The van der Waals surface area contributed by atoms with Gasteiger partial charge in [-0.05, 0) is 6.07 Å². The van der Waals surface area contributed by atoms with E-state index in [1.165, 1.54) is 14.2 Å². The minimum atomic E-state index is -0.844. The lowest BCUT2D eigenvalue weighted by Crippen LogP contribution is -2.24. The van der Waals surface area contributed by atoms with E-state index in [1.807, 2.05) is 0 Å². The maximum atomic E-state index is 13.1. The molecule has 1 aromatic rings. The van der Waals surface area contributed by atoms with Crippen molar-refractivity contribution in [2.75, 3.05) is 26.1 Å². The van der Waals surface area contributed by atoms with Gasteiger partial charge in [-0.3, -0.25) is 10.1 Å². The number of anilines is 1. The number of nitrogens with one attached hydrogen (secondary N) is 1. The fraction of sp³-hybridized carbons (Fsp3) is 0.400. The quantitative estimate of drug-likeness (QED) is 0.491. The van der Waals surface area contributed by atoms with Gasteiger partial charge in [0.1, 0.15) is 11.5 Å². The van der Waals surface area contributed by atoms with Crippen LogP contribution < -0.4 is 5.32 Å². The maximum Gasteiger partial charge on any atom is 0.295 e. The SMILES string of the molecule is COC(CNc1cc(Cl)c(F)cc1[N+](=O)[O-])OC. The van der Waals surface area contributed by atoms with Gasteiger partial charge in [-0.25, -0.2) is 4.39 Å². The molecule has 0 unspecified atom stereocenters. The van der Waals surface area contributed by atoms with Crippen LogP contribution in [-0.2, 0) is 9.47 Å². The highest BCUT2D eigenvalue weighted by molar-refractivity contribution is 6.31. The largest absolute Gasteiger partial charge is 0.374 e. The lowest BCUT2D eigenvalue weighted by Gasteiger charge is -2.15. The zero-order chi connectivity index (χ0) is 13.7. The molecule has 1 aromatic carbocycles. The molecule has 0 aliphatic carbocycles. The van der Waals surface area contributed by atoms with Crippen LogP contribution in [0.5, 0.6) is 0 Å². The van der Waals surface area contributed by atoms with Crippen LogP contribution in [0.1, 0.15) is 0 Å². The molecule has 0 fully saturated rings. The molecule has 0 aromatic heterocycles. The van der Waals surface area contributed by atoms with E-state index in [-0.39, 0.29) is 17.3 Å². The third kappa shape index (κ3) is 3.52. The van der Waals surface area contributed by atoms with Crippen molar-refractivity contribution in [3.05, 3.63) is 33.1 Å². The highest BCUT2D eigenvalue weighted by atomic mass is 35.5. The van der Waals surface area contributed by atoms with Crippen molar-refractivity contribution in [1.29, 1.82) is 0 Å². The van der Waals surface area contributed by atoms with E-state index in [0.717, 1.165) is 12.1 Å². The van der Waals surface area contributed by atoms with Crippen molar-refractivity contribution in [2.24, 2.45) is 0 Å². The molecule has 18 heavy (non-hydrogen) atoms. The van der Waals surface area contributed by atoms with E-state index in [0.29, 0.717) is 0 Å². The Hall–Kier alpha value is -1.44. The molecule has 0 bridgehead atoms. The normalized spacial score (nSPS) is 10.7. The van der Waals surface area contributed by atoms with Gasteiger partial charge in [0, 0.05) is 14.2 Å². The van der Waals surface area contributed by atoms with E-state index in [1.54, 1.807) is 0 Å². The Kier molecular flexibility index (Phi) is 5.26. The first-order valence-electron chi connectivity index (χ1n) is 4.92. The number of nitro groups is 1. The van der Waals surface area contributed by atoms with Crippen LogP contribution >= 0.6 is 11.6 Å². The van der Waals surface area contributed by atoms with Gasteiger partial charge in [0.2, 0.25) is 0 Å². The summed E-state index contributed by atoms with van der Waals surface area (Å²) in [4.78, 5) is 10.1. The van der Waals surface area contributed by atoms with E-state index in [9.17, 15) is 14.5 Å². The predicted molar refractivity (Wildman–Crippen MR) is 64.4 cm³/mol. The van der Waals surface area contributed by atoms with Gasteiger partial charge in [0.15, 0.2) is 6.29 Å². The highest BCUT2D eigenvalue weighted by Gasteiger charge is 2.18. The van der Waals surface area contributed by atoms with Crippen LogP contribution in [0.2, 0.25) is 5.02 Å². The number of methoxy groups -OCH3 is 2. The molecule has 0 saturated heterocycles. The van der Waals surface area contributed by atoms with Gasteiger partial charge in [0.05, 0.1) is 22.6 Å². The zero-order valence-electron chi connectivity index (χ0n) is 9.78. The zero-order valence-corrected chi connectivity index (χ0v) is 10.5. The third-order valence-corrected chi connectivity index (χ3v) is 2.51. The molecule has 8 heteroatoms. The molecule has 100 valence electrons. The number of nitrogens with zero attached hydrogens (tertiary/aromatic N) is 1. The van der Waals surface area contributed by atoms with Gasteiger partial charge in [-0.2, -0.15) is 0 Å². The van der Waals surface area contributed by atoms with Crippen LogP contribution in [-0.4, -0.2) is 32.0 Å². The molecule has 0 aliphatic rings. The van der Waals surface area contributed by atoms with Crippen molar-refractivity contribution < 1.29 is 18.8 Å². The van der Waals surface area contributed by atoms with Gasteiger partial charge in [-0.1, -0.05) is 11.6 Å². The Morgan fingerprint density at radius 1 is 1.50 bits per heavy atom. The number of benzene rings is 1. The number of hydrogen-bond acceptors (Lipinski definition) is 5. The Labute approximate surface area is 108 Å². The van der Waals surface area contributed by atoms with Crippen LogP contribution in [0.25, 0.3) is 0 Å². The minimum absolute atomic E-state index is 0.102. The van der Waals surface area contributed by atoms with Crippen LogP contribution in [0.3, 0.4) is 0 Å². The van der Waals surface area contributed by atoms with Crippen molar-refractivity contribution in [3.8, 4) is 0 Å². The molecular weight excluding hydrogens is 267 g/mol. The van der Waals surface area contributed by atoms with Crippen molar-refractivity contribution in [1.82, 2.24) is 0 Å². The third-order valence-electron chi connectivity index (χ3n) is 2.22.